The SMILES string of the molecule is CC(C)(O)C(C)(C)O.OB(O)O.c1cscn1. The van der Waals surface area contributed by atoms with Crippen LogP contribution in [0.4, 0.5) is 0 Å². The van der Waals surface area contributed by atoms with Gasteiger partial charge in [0.05, 0.1) is 16.7 Å². The second-order valence-electron chi connectivity index (χ2n) is 4.14. The molecule has 1 aromatic rings. The molecule has 1 rings (SSSR count). The number of aliphatic hydroxyl groups is 2. The summed E-state index contributed by atoms with van der Waals surface area (Å²) in [6.45, 7) is 6.31. The third-order valence-corrected chi connectivity index (χ3v) is 2.37. The summed E-state index contributed by atoms with van der Waals surface area (Å²) in [5.74, 6) is 0. The van der Waals surface area contributed by atoms with Crippen molar-refractivity contribution in [2.24, 2.45) is 0 Å². The van der Waals surface area contributed by atoms with E-state index in [1.54, 1.807) is 50.7 Å². The summed E-state index contributed by atoms with van der Waals surface area (Å²) >= 11 is 1.60. The van der Waals surface area contributed by atoms with Crippen molar-refractivity contribution in [3.05, 3.63) is 17.1 Å². The van der Waals surface area contributed by atoms with E-state index in [1.807, 2.05) is 5.38 Å². The van der Waals surface area contributed by atoms with E-state index in [0.29, 0.717) is 0 Å². The lowest BCUT2D eigenvalue weighted by Crippen LogP contribution is -2.44. The zero-order chi connectivity index (χ0) is 14.1. The van der Waals surface area contributed by atoms with E-state index >= 15 is 0 Å². The second kappa shape index (κ2) is 8.57. The first kappa shape index (κ1) is 18.8. The average Bonchev–Trinajstić information content (AvgIpc) is 2.53. The molecule has 0 aliphatic carbocycles. The summed E-state index contributed by atoms with van der Waals surface area (Å²) in [4.78, 5) is 3.74. The van der Waals surface area contributed by atoms with Crippen LogP contribution in [0.2, 0.25) is 0 Å². The summed E-state index contributed by atoms with van der Waals surface area (Å²) in [6, 6.07) is 0. The zero-order valence-electron chi connectivity index (χ0n) is 10.4. The van der Waals surface area contributed by atoms with Gasteiger partial charge in [0.1, 0.15) is 0 Å². The quantitative estimate of drug-likeness (QED) is 0.442. The molecule has 0 aromatic carbocycles. The highest BCUT2D eigenvalue weighted by atomic mass is 32.1. The Kier molecular flexibility index (Phi) is 9.50. The third-order valence-electron chi connectivity index (χ3n) is 1.84. The van der Waals surface area contributed by atoms with E-state index < -0.39 is 18.5 Å². The van der Waals surface area contributed by atoms with Crippen LogP contribution >= 0.6 is 11.3 Å². The molecule has 0 saturated carbocycles. The molecule has 1 heterocycles. The van der Waals surface area contributed by atoms with Gasteiger partial charge in [-0.3, -0.25) is 4.98 Å². The molecule has 0 aliphatic rings. The van der Waals surface area contributed by atoms with Gasteiger partial charge in [-0.25, -0.2) is 0 Å². The molecule has 0 bridgehead atoms. The molecule has 6 nitrogen and oxygen atoms in total. The maximum absolute atomic E-state index is 9.10. The molecule has 0 spiro atoms. The Morgan fingerprint density at radius 1 is 1.00 bits per heavy atom. The van der Waals surface area contributed by atoms with Crippen LogP contribution in [0.15, 0.2) is 17.1 Å². The minimum Gasteiger partial charge on any atom is -0.402 e. The van der Waals surface area contributed by atoms with Crippen molar-refractivity contribution in [3.63, 3.8) is 0 Å². The van der Waals surface area contributed by atoms with E-state index in [1.165, 1.54) is 0 Å². The highest BCUT2D eigenvalue weighted by Gasteiger charge is 2.31. The van der Waals surface area contributed by atoms with Crippen LogP contribution in [0.25, 0.3) is 0 Å². The van der Waals surface area contributed by atoms with Crippen molar-refractivity contribution in [1.29, 1.82) is 0 Å². The van der Waals surface area contributed by atoms with Gasteiger partial charge in [-0.15, -0.1) is 11.3 Å². The fourth-order valence-electron chi connectivity index (χ4n) is 0.176. The normalized spacial score (nSPS) is 10.6. The minimum atomic E-state index is -2.17. The van der Waals surface area contributed by atoms with Gasteiger partial charge in [-0.2, -0.15) is 0 Å². The number of rotatable bonds is 1. The van der Waals surface area contributed by atoms with Crippen molar-refractivity contribution < 1.29 is 25.3 Å². The highest BCUT2D eigenvalue weighted by Crippen LogP contribution is 2.19. The maximum Gasteiger partial charge on any atom is 0.631 e. The average molecular weight is 265 g/mol. The molecular weight excluding hydrogens is 245 g/mol. The predicted molar refractivity (Wildman–Crippen MR) is 67.1 cm³/mol. The Morgan fingerprint density at radius 2 is 1.35 bits per heavy atom. The molecule has 0 radical (unpaired) electrons. The Morgan fingerprint density at radius 3 is 1.41 bits per heavy atom. The topological polar surface area (TPSA) is 114 Å². The minimum absolute atomic E-state index is 1.01. The van der Waals surface area contributed by atoms with Crippen LogP contribution in [0, 0.1) is 0 Å². The van der Waals surface area contributed by atoms with Gasteiger partial charge in [0, 0.05) is 11.6 Å². The standard InChI is InChI=1S/C6H14O2.C3H3NS.BH3O3/c1-5(2,7)6(3,4)8;1-2-5-3-4-1;2-1(3)4/h7-8H,1-4H3;1-3H;2-4H. The molecule has 100 valence electrons. The molecule has 8 heteroatoms. The first-order valence-corrected chi connectivity index (χ1v) is 5.74. The number of thiazole rings is 1. The van der Waals surface area contributed by atoms with Gasteiger partial charge in [-0.1, -0.05) is 0 Å². The van der Waals surface area contributed by atoms with E-state index in [4.69, 9.17) is 25.3 Å². The van der Waals surface area contributed by atoms with Crippen LogP contribution in [0.3, 0.4) is 0 Å². The first-order valence-electron chi connectivity index (χ1n) is 4.79. The van der Waals surface area contributed by atoms with Crippen LogP contribution in [-0.2, 0) is 0 Å². The molecule has 0 unspecified atom stereocenters. The van der Waals surface area contributed by atoms with Gasteiger partial charge in [0.15, 0.2) is 0 Å². The Hall–Kier alpha value is -0.505. The Bertz CT molecular complexity index is 223. The first-order chi connectivity index (χ1) is 7.48. The lowest BCUT2D eigenvalue weighted by atomic mass is 9.90. The van der Waals surface area contributed by atoms with Crippen molar-refractivity contribution in [1.82, 2.24) is 4.98 Å². The van der Waals surface area contributed by atoms with Gasteiger partial charge >= 0.3 is 7.32 Å². The fourth-order valence-corrected chi connectivity index (χ4v) is 0.527. The summed E-state index contributed by atoms with van der Waals surface area (Å²) in [7, 11) is -2.17. The number of hydrogen-bond donors (Lipinski definition) is 5. The predicted octanol–water partition coefficient (Wildman–Crippen LogP) is -0.381. The zero-order valence-corrected chi connectivity index (χ0v) is 11.2. The van der Waals surface area contributed by atoms with E-state index in [9.17, 15) is 0 Å². The van der Waals surface area contributed by atoms with Crippen LogP contribution in [-0.4, -0.2) is 48.8 Å². The molecule has 5 N–H and O–H groups in total. The van der Waals surface area contributed by atoms with Crippen molar-refractivity contribution in [2.45, 2.75) is 38.9 Å². The van der Waals surface area contributed by atoms with Crippen molar-refractivity contribution in [2.75, 3.05) is 0 Å². The maximum atomic E-state index is 9.10. The van der Waals surface area contributed by atoms with Gasteiger partial charge in [0.2, 0.25) is 0 Å². The van der Waals surface area contributed by atoms with Gasteiger partial charge in [-0.05, 0) is 27.7 Å². The highest BCUT2D eigenvalue weighted by molar-refractivity contribution is 7.07. The number of hydrogen-bond acceptors (Lipinski definition) is 7. The second-order valence-corrected chi connectivity index (χ2v) is 4.90. The van der Waals surface area contributed by atoms with Crippen LogP contribution in [0.1, 0.15) is 27.7 Å². The van der Waals surface area contributed by atoms with Gasteiger partial charge in [0.25, 0.3) is 0 Å². The Labute approximate surface area is 105 Å². The summed E-state index contributed by atoms with van der Waals surface area (Å²) in [6.07, 6.45) is 1.77. The molecule has 0 fully saturated rings. The lowest BCUT2D eigenvalue weighted by molar-refractivity contribution is -0.107. The smallest absolute Gasteiger partial charge is 0.402 e. The van der Waals surface area contributed by atoms with Gasteiger partial charge < -0.3 is 25.3 Å². The van der Waals surface area contributed by atoms with Crippen molar-refractivity contribution in [3.8, 4) is 0 Å². The molecule has 0 atom stereocenters. The number of nitrogens with zero attached hydrogens (tertiary/aromatic N) is 1. The summed E-state index contributed by atoms with van der Waals surface area (Å²) < 4.78 is 0. The van der Waals surface area contributed by atoms with E-state index in [0.717, 1.165) is 0 Å². The summed E-state index contributed by atoms with van der Waals surface area (Å²) in [5, 5.41) is 41.6. The molecule has 17 heavy (non-hydrogen) atoms. The molecule has 0 saturated heterocycles. The number of aromatic nitrogens is 1. The third kappa shape index (κ3) is 15.5. The van der Waals surface area contributed by atoms with E-state index in [2.05, 4.69) is 4.98 Å². The summed E-state index contributed by atoms with van der Waals surface area (Å²) in [5.41, 5.74) is -0.222. The lowest BCUT2D eigenvalue weighted by Gasteiger charge is -2.31. The van der Waals surface area contributed by atoms with Crippen LogP contribution in [0.5, 0.6) is 0 Å². The Balaban J connectivity index is 0. The van der Waals surface area contributed by atoms with Crippen molar-refractivity contribution >= 4 is 18.7 Å². The molecular formula is C9H20BNO5S. The molecule has 0 aliphatic heterocycles. The molecule has 1 aromatic heterocycles. The van der Waals surface area contributed by atoms with Crippen LogP contribution < -0.4 is 0 Å². The monoisotopic (exact) mass is 265 g/mol. The molecule has 0 amide bonds. The largest absolute Gasteiger partial charge is 0.631 e. The van der Waals surface area contributed by atoms with E-state index in [-0.39, 0.29) is 0 Å². The fraction of sp³-hybridized carbons (Fsp3) is 0.667.